The topological polar surface area (TPSA) is 70.1 Å². The number of carbonyl (C=O) groups is 2. The lowest BCUT2D eigenvalue weighted by atomic mass is 9.94. The van der Waals surface area contributed by atoms with Crippen LogP contribution in [0, 0.1) is 6.92 Å². The number of likely N-dealkylation sites (tertiary alicyclic amines) is 1. The van der Waals surface area contributed by atoms with Crippen molar-refractivity contribution in [2.24, 2.45) is 0 Å². The van der Waals surface area contributed by atoms with Crippen molar-refractivity contribution in [1.82, 2.24) is 9.80 Å². The summed E-state index contributed by atoms with van der Waals surface area (Å²) in [6.07, 6.45) is 0.757. The van der Waals surface area contributed by atoms with Crippen molar-refractivity contribution in [3.8, 4) is 5.75 Å². The molecule has 170 valence electrons. The molecule has 1 atom stereocenters. The van der Waals surface area contributed by atoms with Crippen LogP contribution in [0.1, 0.15) is 43.0 Å². The zero-order valence-corrected chi connectivity index (χ0v) is 19.5. The van der Waals surface area contributed by atoms with Gasteiger partial charge in [0.25, 0.3) is 11.7 Å². The Bertz CT molecular complexity index is 991. The number of aryl methyl sites for hydroxylation is 1. The maximum Gasteiger partial charge on any atom is 0.295 e. The first-order valence-electron chi connectivity index (χ1n) is 11.0. The number of amides is 1. The SMILES string of the molecule is Cc1ccc([C@@H]2C(=C(O)c3ccc(OC(C)C)cc3)C(=O)C(=O)N2CCCN(C)C)cc1. The van der Waals surface area contributed by atoms with Crippen LogP contribution in [0.2, 0.25) is 0 Å². The van der Waals surface area contributed by atoms with Gasteiger partial charge in [0.05, 0.1) is 17.7 Å². The van der Waals surface area contributed by atoms with Gasteiger partial charge in [-0.3, -0.25) is 9.59 Å². The fourth-order valence-corrected chi connectivity index (χ4v) is 3.88. The van der Waals surface area contributed by atoms with Gasteiger partial charge in [-0.15, -0.1) is 0 Å². The Hall–Kier alpha value is -3.12. The van der Waals surface area contributed by atoms with Gasteiger partial charge < -0.3 is 19.6 Å². The van der Waals surface area contributed by atoms with Crippen molar-refractivity contribution in [1.29, 1.82) is 0 Å². The van der Waals surface area contributed by atoms with Crippen molar-refractivity contribution >= 4 is 17.4 Å². The van der Waals surface area contributed by atoms with E-state index in [4.69, 9.17) is 4.74 Å². The van der Waals surface area contributed by atoms with Gasteiger partial charge in [0, 0.05) is 12.1 Å². The molecule has 1 amide bonds. The number of hydrogen-bond acceptors (Lipinski definition) is 5. The lowest BCUT2D eigenvalue weighted by Crippen LogP contribution is -2.32. The third kappa shape index (κ3) is 5.19. The largest absolute Gasteiger partial charge is 0.507 e. The lowest BCUT2D eigenvalue weighted by molar-refractivity contribution is -0.139. The van der Waals surface area contributed by atoms with E-state index in [1.165, 1.54) is 0 Å². The molecule has 6 heteroatoms. The minimum Gasteiger partial charge on any atom is -0.507 e. The molecule has 0 aliphatic carbocycles. The maximum atomic E-state index is 13.0. The monoisotopic (exact) mass is 436 g/mol. The van der Waals surface area contributed by atoms with E-state index in [-0.39, 0.29) is 17.4 Å². The quantitative estimate of drug-likeness (QED) is 0.382. The highest BCUT2D eigenvalue weighted by Crippen LogP contribution is 2.39. The smallest absolute Gasteiger partial charge is 0.295 e. The molecule has 1 aliphatic rings. The van der Waals surface area contributed by atoms with E-state index >= 15 is 0 Å². The lowest BCUT2D eigenvalue weighted by Gasteiger charge is -2.26. The zero-order chi connectivity index (χ0) is 23.4. The summed E-state index contributed by atoms with van der Waals surface area (Å²) in [7, 11) is 3.94. The van der Waals surface area contributed by atoms with E-state index < -0.39 is 17.7 Å². The molecule has 0 bridgehead atoms. The number of ether oxygens (including phenoxy) is 1. The molecule has 0 radical (unpaired) electrons. The van der Waals surface area contributed by atoms with Gasteiger partial charge in [-0.1, -0.05) is 29.8 Å². The fraction of sp³-hybridized carbons (Fsp3) is 0.385. The highest BCUT2D eigenvalue weighted by atomic mass is 16.5. The number of nitrogens with zero attached hydrogens (tertiary/aromatic N) is 2. The molecule has 2 aromatic rings. The molecule has 1 aliphatic heterocycles. The summed E-state index contributed by atoms with van der Waals surface area (Å²) in [5.74, 6) is -0.716. The van der Waals surface area contributed by atoms with Crippen molar-refractivity contribution in [3.05, 3.63) is 70.8 Å². The number of aliphatic hydroxyl groups is 1. The van der Waals surface area contributed by atoms with E-state index in [0.29, 0.717) is 17.9 Å². The van der Waals surface area contributed by atoms with E-state index in [9.17, 15) is 14.7 Å². The van der Waals surface area contributed by atoms with Crippen molar-refractivity contribution in [3.63, 3.8) is 0 Å². The molecule has 0 spiro atoms. The van der Waals surface area contributed by atoms with Gasteiger partial charge in [-0.05, 0) is 77.7 Å². The number of aliphatic hydroxyl groups excluding tert-OH is 1. The summed E-state index contributed by atoms with van der Waals surface area (Å²) in [6.45, 7) is 7.08. The fourth-order valence-electron chi connectivity index (χ4n) is 3.88. The number of hydrogen-bond donors (Lipinski definition) is 1. The van der Waals surface area contributed by atoms with Gasteiger partial charge in [0.1, 0.15) is 11.5 Å². The Balaban J connectivity index is 2.03. The predicted molar refractivity (Wildman–Crippen MR) is 126 cm³/mol. The number of carbonyl (C=O) groups excluding carboxylic acids is 2. The summed E-state index contributed by atoms with van der Waals surface area (Å²) in [5, 5.41) is 11.1. The van der Waals surface area contributed by atoms with E-state index in [1.54, 1.807) is 29.2 Å². The summed E-state index contributed by atoms with van der Waals surface area (Å²) < 4.78 is 5.66. The number of benzene rings is 2. The van der Waals surface area contributed by atoms with E-state index in [2.05, 4.69) is 0 Å². The normalized spacial score (nSPS) is 18.1. The highest BCUT2D eigenvalue weighted by Gasteiger charge is 2.45. The molecule has 3 rings (SSSR count). The van der Waals surface area contributed by atoms with Gasteiger partial charge in [-0.25, -0.2) is 0 Å². The second kappa shape index (κ2) is 10.0. The molecular weight excluding hydrogens is 404 g/mol. The molecule has 1 heterocycles. The van der Waals surface area contributed by atoms with E-state index in [0.717, 1.165) is 24.1 Å². The number of ketones is 1. The molecule has 6 nitrogen and oxygen atoms in total. The summed E-state index contributed by atoms with van der Waals surface area (Å²) in [6, 6.07) is 14.0. The first-order chi connectivity index (χ1) is 15.2. The molecule has 0 aromatic heterocycles. The van der Waals surface area contributed by atoms with Crippen molar-refractivity contribution in [2.75, 3.05) is 27.2 Å². The van der Waals surface area contributed by atoms with Gasteiger partial charge in [-0.2, -0.15) is 0 Å². The molecule has 0 saturated carbocycles. The maximum absolute atomic E-state index is 13.0. The summed E-state index contributed by atoms with van der Waals surface area (Å²) >= 11 is 0. The van der Waals surface area contributed by atoms with Crippen LogP contribution in [-0.4, -0.2) is 59.9 Å². The molecule has 2 aromatic carbocycles. The Morgan fingerprint density at radius 3 is 2.25 bits per heavy atom. The van der Waals surface area contributed by atoms with Gasteiger partial charge in [0.2, 0.25) is 0 Å². The van der Waals surface area contributed by atoms with Crippen LogP contribution in [0.3, 0.4) is 0 Å². The Morgan fingerprint density at radius 2 is 1.69 bits per heavy atom. The molecule has 0 unspecified atom stereocenters. The third-order valence-corrected chi connectivity index (χ3v) is 5.44. The second-order valence-electron chi connectivity index (χ2n) is 8.75. The Morgan fingerprint density at radius 1 is 1.06 bits per heavy atom. The molecular formula is C26H32N2O4. The number of rotatable bonds is 8. The van der Waals surface area contributed by atoms with E-state index in [1.807, 2.05) is 64.0 Å². The van der Waals surface area contributed by atoms with Crippen LogP contribution in [0.25, 0.3) is 5.76 Å². The van der Waals surface area contributed by atoms with Crippen molar-refractivity contribution in [2.45, 2.75) is 39.3 Å². The van der Waals surface area contributed by atoms with Crippen LogP contribution >= 0.6 is 0 Å². The first-order valence-corrected chi connectivity index (χ1v) is 11.0. The summed E-state index contributed by atoms with van der Waals surface area (Å²) in [5.41, 5.74) is 2.49. The molecule has 1 fully saturated rings. The minimum absolute atomic E-state index is 0.0310. The van der Waals surface area contributed by atoms with Crippen LogP contribution in [0.4, 0.5) is 0 Å². The van der Waals surface area contributed by atoms with Crippen molar-refractivity contribution < 1.29 is 19.4 Å². The zero-order valence-electron chi connectivity index (χ0n) is 19.5. The molecule has 1 N–H and O–H groups in total. The van der Waals surface area contributed by atoms with Gasteiger partial charge in [0.15, 0.2) is 0 Å². The Kier molecular flexibility index (Phi) is 7.36. The highest BCUT2D eigenvalue weighted by molar-refractivity contribution is 6.46. The summed E-state index contributed by atoms with van der Waals surface area (Å²) in [4.78, 5) is 29.6. The van der Waals surface area contributed by atoms with Crippen LogP contribution in [-0.2, 0) is 9.59 Å². The second-order valence-corrected chi connectivity index (χ2v) is 8.75. The average molecular weight is 437 g/mol. The third-order valence-electron chi connectivity index (χ3n) is 5.44. The molecule has 32 heavy (non-hydrogen) atoms. The predicted octanol–water partition coefficient (Wildman–Crippen LogP) is 4.16. The average Bonchev–Trinajstić information content (AvgIpc) is 2.99. The standard InChI is InChI=1S/C26H32N2O4/c1-17(2)32-21-13-11-20(12-14-21)24(29)22-23(19-9-7-18(3)8-10-19)28(26(31)25(22)30)16-6-15-27(4)5/h7-14,17,23,29H,6,15-16H2,1-5H3/t23-/m1/s1. The van der Waals surface area contributed by atoms with Crippen LogP contribution in [0.15, 0.2) is 54.1 Å². The van der Waals surface area contributed by atoms with Crippen LogP contribution < -0.4 is 4.74 Å². The minimum atomic E-state index is -0.652. The van der Waals surface area contributed by atoms with Crippen LogP contribution in [0.5, 0.6) is 5.75 Å². The number of Topliss-reactive ketones (excluding diaryl/α,β-unsaturated/α-hetero) is 1. The molecule has 1 saturated heterocycles. The first kappa shape index (κ1) is 23.5. The van der Waals surface area contributed by atoms with Gasteiger partial charge >= 0.3 is 0 Å². The Labute approximate surface area is 190 Å².